The van der Waals surface area contributed by atoms with Gasteiger partial charge in [-0.1, -0.05) is 62.4 Å². The van der Waals surface area contributed by atoms with Crippen molar-refractivity contribution in [1.29, 1.82) is 0 Å². The first-order valence-electron chi connectivity index (χ1n) is 18.3. The minimum Gasteiger partial charge on any atom is -0.479 e. The number of amides is 1. The van der Waals surface area contributed by atoms with Crippen LogP contribution in [-0.4, -0.2) is 106 Å². The highest BCUT2D eigenvalue weighted by molar-refractivity contribution is 5.83. The summed E-state index contributed by atoms with van der Waals surface area (Å²) in [6.45, 7) is 6.69. The highest BCUT2D eigenvalue weighted by atomic mass is 19.4. The molecule has 2 atom stereocenters. The van der Waals surface area contributed by atoms with Crippen LogP contribution in [0.5, 0.6) is 0 Å². The Morgan fingerprint density at radius 3 is 1.95 bits per heavy atom. The zero-order chi connectivity index (χ0) is 43.6. The van der Waals surface area contributed by atoms with E-state index < -0.39 is 53.1 Å². The van der Waals surface area contributed by atoms with Gasteiger partial charge in [-0.05, 0) is 60.0 Å². The molecule has 0 saturated carbocycles. The largest absolute Gasteiger partial charge is 0.479 e. The molecule has 5 rings (SSSR count). The molecule has 0 aliphatic carbocycles. The van der Waals surface area contributed by atoms with Gasteiger partial charge < -0.3 is 34.8 Å². The first kappa shape index (κ1) is 45.6. The zero-order valence-corrected chi connectivity index (χ0v) is 32.2. The minimum absolute atomic E-state index is 0.0412. The van der Waals surface area contributed by atoms with Gasteiger partial charge in [-0.15, -0.1) is 0 Å². The number of rotatable bonds is 16. The van der Waals surface area contributed by atoms with Crippen molar-refractivity contribution in [1.82, 2.24) is 29.1 Å². The van der Waals surface area contributed by atoms with Gasteiger partial charge in [0.2, 0.25) is 5.91 Å². The Morgan fingerprint density at radius 1 is 0.831 bits per heavy atom. The van der Waals surface area contributed by atoms with Crippen LogP contribution in [0.25, 0.3) is 22.2 Å². The third kappa shape index (κ3) is 12.0. The van der Waals surface area contributed by atoms with Crippen LogP contribution in [0.3, 0.4) is 0 Å². The molecule has 0 aliphatic rings. The Balaban J connectivity index is 0.000000680. The van der Waals surface area contributed by atoms with Gasteiger partial charge in [-0.3, -0.25) is 14.3 Å². The summed E-state index contributed by atoms with van der Waals surface area (Å²) < 4.78 is 70.5. The number of alkyl halides is 3. The lowest BCUT2D eigenvalue weighted by Crippen LogP contribution is -2.40. The van der Waals surface area contributed by atoms with Gasteiger partial charge in [0.25, 0.3) is 5.56 Å². The number of benzene rings is 3. The molecule has 2 unspecified atom stereocenters. The third-order valence-corrected chi connectivity index (χ3v) is 9.39. The lowest BCUT2D eigenvalue weighted by molar-refractivity contribution is -0.165. The minimum atomic E-state index is -4.42. The number of halogens is 5. The third-order valence-electron chi connectivity index (χ3n) is 9.39. The summed E-state index contributed by atoms with van der Waals surface area (Å²) in [4.78, 5) is 54.7. The summed E-state index contributed by atoms with van der Waals surface area (Å²) in [5, 5.41) is 37.2. The summed E-state index contributed by atoms with van der Waals surface area (Å²) in [5.41, 5.74) is 1.29. The number of aryl methyl sites for hydroxylation is 3. The highest BCUT2D eigenvalue weighted by Gasteiger charge is 2.30. The van der Waals surface area contributed by atoms with Crippen molar-refractivity contribution in [3.8, 4) is 11.1 Å². The summed E-state index contributed by atoms with van der Waals surface area (Å²) in [6.07, 6.45) is -7.33. The first-order chi connectivity index (χ1) is 27.8. The fourth-order valence-corrected chi connectivity index (χ4v) is 6.01. The van der Waals surface area contributed by atoms with E-state index in [1.165, 1.54) is 35.1 Å². The second-order valence-corrected chi connectivity index (χ2v) is 13.4. The number of aromatic nitrogens is 4. The van der Waals surface area contributed by atoms with E-state index in [1.54, 1.807) is 28.6 Å². The van der Waals surface area contributed by atoms with E-state index in [0.717, 1.165) is 42.4 Å². The molecule has 0 spiro atoms. The molecule has 0 fully saturated rings. The maximum absolute atomic E-state index is 14.5. The molecule has 2 heterocycles. The summed E-state index contributed by atoms with van der Waals surface area (Å²) >= 11 is 0. The average Bonchev–Trinajstić information content (AvgIpc) is 3.61. The maximum Gasteiger partial charge on any atom is 0.416 e. The number of hydrogen-bond acceptors (Lipinski definition) is 9. The molecular weight excluding hydrogens is 787 g/mol. The first-order valence-corrected chi connectivity index (χ1v) is 18.3. The van der Waals surface area contributed by atoms with Crippen LogP contribution in [0.1, 0.15) is 36.4 Å². The molecule has 19 heteroatoms. The Labute approximate surface area is 334 Å². The van der Waals surface area contributed by atoms with E-state index in [1.807, 2.05) is 26.0 Å². The van der Waals surface area contributed by atoms with Gasteiger partial charge in [0.15, 0.2) is 29.5 Å². The number of hydrogen-bond donors (Lipinski definition) is 4. The second-order valence-electron chi connectivity index (χ2n) is 13.4. The fourth-order valence-electron chi connectivity index (χ4n) is 6.01. The molecule has 316 valence electrons. The normalized spacial score (nSPS) is 12.5. The average molecular weight is 831 g/mol. The van der Waals surface area contributed by atoms with Gasteiger partial charge in [-0.25, -0.2) is 18.4 Å². The number of aliphatic hydroxyl groups excluding tert-OH is 2. The van der Waals surface area contributed by atoms with E-state index in [-0.39, 0.29) is 54.3 Å². The van der Waals surface area contributed by atoms with E-state index in [4.69, 9.17) is 20.4 Å². The van der Waals surface area contributed by atoms with Crippen molar-refractivity contribution in [2.75, 3.05) is 26.2 Å². The van der Waals surface area contributed by atoms with Gasteiger partial charge in [0.1, 0.15) is 17.8 Å². The number of aliphatic hydroxyl groups is 2. The predicted molar refractivity (Wildman–Crippen MR) is 204 cm³/mol. The molecule has 0 saturated heterocycles. The fraction of sp³-hybridized carbons (Fsp3) is 0.350. The van der Waals surface area contributed by atoms with E-state index in [9.17, 15) is 41.1 Å². The second kappa shape index (κ2) is 20.1. The van der Waals surface area contributed by atoms with Crippen LogP contribution in [0.15, 0.2) is 77.7 Å². The van der Waals surface area contributed by atoms with Crippen molar-refractivity contribution in [3.05, 3.63) is 117 Å². The number of carboxylic acids is 2. The number of likely N-dealkylation sites (N-methyl/N-ethyl adjacent to an activating group) is 1. The Kier molecular flexibility index (Phi) is 15.5. The SMILES string of the molecule is CCN(CC)CCN(Cc1ccc(-c2ccc(C(F)(F)F)cc2)cc1)C(=O)Cn1c(CCc2cccc(F)c2F)nc(=O)c2cn(C)nc21.O=C(O)C(O)C(O)C(=O)O. The molecule has 0 bridgehead atoms. The quantitative estimate of drug-likeness (QED) is 0.105. The standard InChI is InChI=1S/C36H37F5N6O2.C4H6O6/c1-4-45(5-2)19-20-46(21-24-9-11-25(12-10-24)26-13-16-28(17-14-26)36(39,40)41)32(48)23-47-31(18-15-27-7-6-8-30(37)33(27)38)42-35(49)29-22-44(3)43-34(29)47;5-1(3(7)8)2(6)4(9)10/h6-14,16-17,22H,4-5,15,18-21,23H2,1-3H3;1-2,5-6H,(H,7,8)(H,9,10). The Bertz CT molecular complexity index is 2280. The number of fused-ring (bicyclic) bond motifs is 1. The van der Waals surface area contributed by atoms with Crippen LogP contribution in [-0.2, 0) is 53.5 Å². The molecular formula is C40H43F5N6O8. The van der Waals surface area contributed by atoms with Gasteiger partial charge in [0, 0.05) is 39.3 Å². The molecule has 4 N–H and O–H groups in total. The van der Waals surface area contributed by atoms with Crippen molar-refractivity contribution >= 4 is 28.9 Å². The lowest BCUT2D eigenvalue weighted by Gasteiger charge is -2.27. The number of carbonyl (C=O) groups excluding carboxylic acids is 1. The smallest absolute Gasteiger partial charge is 0.416 e. The number of nitrogens with zero attached hydrogens (tertiary/aromatic N) is 6. The van der Waals surface area contributed by atoms with Crippen LogP contribution in [0.4, 0.5) is 22.0 Å². The Hall–Kier alpha value is -6.05. The van der Waals surface area contributed by atoms with Crippen LogP contribution in [0.2, 0.25) is 0 Å². The molecule has 1 amide bonds. The number of carbonyl (C=O) groups is 3. The lowest BCUT2D eigenvalue weighted by atomic mass is 10.0. The van der Waals surface area contributed by atoms with Crippen LogP contribution >= 0.6 is 0 Å². The molecule has 0 radical (unpaired) electrons. The van der Waals surface area contributed by atoms with Crippen molar-refractivity contribution in [3.63, 3.8) is 0 Å². The molecule has 2 aromatic heterocycles. The molecule has 59 heavy (non-hydrogen) atoms. The highest BCUT2D eigenvalue weighted by Crippen LogP contribution is 2.31. The molecule has 5 aromatic rings. The van der Waals surface area contributed by atoms with Gasteiger partial charge in [-0.2, -0.15) is 23.3 Å². The monoisotopic (exact) mass is 830 g/mol. The molecule has 14 nitrogen and oxygen atoms in total. The van der Waals surface area contributed by atoms with Crippen molar-refractivity contribution in [2.24, 2.45) is 7.05 Å². The van der Waals surface area contributed by atoms with E-state index in [2.05, 4.69) is 15.0 Å². The topological polar surface area (TPSA) is 191 Å². The van der Waals surface area contributed by atoms with E-state index >= 15 is 0 Å². The zero-order valence-electron chi connectivity index (χ0n) is 32.2. The molecule has 0 aliphatic heterocycles. The summed E-state index contributed by atoms with van der Waals surface area (Å²) in [6, 6.07) is 16.1. The number of carboxylic acid groups (broad SMARTS) is 2. The molecule has 3 aromatic carbocycles. The number of aliphatic carboxylic acids is 2. The van der Waals surface area contributed by atoms with Crippen molar-refractivity contribution < 1.29 is 56.8 Å². The predicted octanol–water partition coefficient (Wildman–Crippen LogP) is 4.13. The summed E-state index contributed by atoms with van der Waals surface area (Å²) in [7, 11) is 1.65. The Morgan fingerprint density at radius 2 is 1.41 bits per heavy atom. The maximum atomic E-state index is 14.5. The summed E-state index contributed by atoms with van der Waals surface area (Å²) in [5.74, 6) is -5.54. The van der Waals surface area contributed by atoms with Crippen LogP contribution < -0.4 is 5.56 Å². The van der Waals surface area contributed by atoms with Crippen molar-refractivity contribution in [2.45, 2.75) is 58.2 Å². The van der Waals surface area contributed by atoms with Gasteiger partial charge in [0.05, 0.1) is 5.56 Å². The van der Waals surface area contributed by atoms with E-state index in [0.29, 0.717) is 18.7 Å². The van der Waals surface area contributed by atoms with Gasteiger partial charge >= 0.3 is 18.1 Å². The van der Waals surface area contributed by atoms with Crippen LogP contribution in [0, 0.1) is 11.6 Å².